The minimum atomic E-state index is 0.506. The Kier molecular flexibility index (Phi) is 1.51. The average molecular weight is 150 g/mol. The van der Waals surface area contributed by atoms with Gasteiger partial charge < -0.3 is 10.5 Å². The number of nitrogens with zero attached hydrogens (tertiary/aromatic N) is 1. The van der Waals surface area contributed by atoms with E-state index in [0.717, 1.165) is 24.5 Å². The van der Waals surface area contributed by atoms with Crippen molar-refractivity contribution in [2.24, 2.45) is 5.73 Å². The van der Waals surface area contributed by atoms with Crippen molar-refractivity contribution >= 4 is 0 Å². The second-order valence-corrected chi connectivity index (χ2v) is 2.54. The molecule has 2 heterocycles. The lowest BCUT2D eigenvalue weighted by Crippen LogP contribution is -2.02. The van der Waals surface area contributed by atoms with E-state index in [1.54, 1.807) is 6.20 Å². The van der Waals surface area contributed by atoms with Crippen LogP contribution in [0.5, 0.6) is 5.75 Å². The highest BCUT2D eigenvalue weighted by Crippen LogP contribution is 2.25. The van der Waals surface area contributed by atoms with E-state index in [2.05, 4.69) is 4.98 Å². The van der Waals surface area contributed by atoms with E-state index in [4.69, 9.17) is 10.5 Å². The SMILES string of the molecule is NCc1nccc2c1CCO2. The molecule has 0 unspecified atom stereocenters. The molecule has 0 amide bonds. The van der Waals surface area contributed by atoms with Gasteiger partial charge in [0.2, 0.25) is 0 Å². The average Bonchev–Trinajstić information content (AvgIpc) is 2.50. The molecule has 1 aliphatic rings. The molecule has 1 aromatic rings. The Labute approximate surface area is 65.2 Å². The maximum atomic E-state index is 5.50. The number of hydrogen-bond donors (Lipinski definition) is 1. The Morgan fingerprint density at radius 3 is 3.36 bits per heavy atom. The number of rotatable bonds is 1. The summed E-state index contributed by atoms with van der Waals surface area (Å²) >= 11 is 0. The molecule has 11 heavy (non-hydrogen) atoms. The van der Waals surface area contributed by atoms with Crippen molar-refractivity contribution in [1.29, 1.82) is 0 Å². The molecule has 0 aliphatic carbocycles. The lowest BCUT2D eigenvalue weighted by molar-refractivity contribution is 0.356. The molecular formula is C8H10N2O. The predicted molar refractivity (Wildman–Crippen MR) is 41.3 cm³/mol. The molecule has 3 nitrogen and oxygen atoms in total. The van der Waals surface area contributed by atoms with Gasteiger partial charge in [-0.2, -0.15) is 0 Å². The molecule has 0 saturated carbocycles. The van der Waals surface area contributed by atoms with Gasteiger partial charge >= 0.3 is 0 Å². The molecular weight excluding hydrogens is 140 g/mol. The van der Waals surface area contributed by atoms with E-state index < -0.39 is 0 Å². The molecule has 58 valence electrons. The summed E-state index contributed by atoms with van der Waals surface area (Å²) in [6.45, 7) is 1.28. The van der Waals surface area contributed by atoms with Crippen LogP contribution in [0.2, 0.25) is 0 Å². The van der Waals surface area contributed by atoms with Crippen molar-refractivity contribution in [3.05, 3.63) is 23.5 Å². The molecule has 2 rings (SSSR count). The summed E-state index contributed by atoms with van der Waals surface area (Å²) in [5.74, 6) is 0.959. The van der Waals surface area contributed by atoms with Gasteiger partial charge in [-0.15, -0.1) is 0 Å². The molecule has 3 heteroatoms. The molecule has 0 radical (unpaired) electrons. The summed E-state index contributed by atoms with van der Waals surface area (Å²) in [4.78, 5) is 4.16. The number of hydrogen-bond acceptors (Lipinski definition) is 3. The monoisotopic (exact) mass is 150 g/mol. The van der Waals surface area contributed by atoms with Gasteiger partial charge in [0.15, 0.2) is 0 Å². The van der Waals surface area contributed by atoms with Crippen LogP contribution in [-0.2, 0) is 13.0 Å². The Morgan fingerprint density at radius 1 is 1.64 bits per heavy atom. The van der Waals surface area contributed by atoms with Crippen molar-refractivity contribution in [2.45, 2.75) is 13.0 Å². The van der Waals surface area contributed by atoms with Crippen LogP contribution in [0.4, 0.5) is 0 Å². The van der Waals surface area contributed by atoms with Crippen molar-refractivity contribution in [1.82, 2.24) is 4.98 Å². The minimum Gasteiger partial charge on any atom is -0.493 e. The molecule has 1 aromatic heterocycles. The van der Waals surface area contributed by atoms with Crippen molar-refractivity contribution in [2.75, 3.05) is 6.61 Å². The van der Waals surface area contributed by atoms with E-state index in [1.807, 2.05) is 6.07 Å². The maximum absolute atomic E-state index is 5.50. The molecule has 2 N–H and O–H groups in total. The highest BCUT2D eigenvalue weighted by Gasteiger charge is 2.15. The quantitative estimate of drug-likeness (QED) is 0.633. The van der Waals surface area contributed by atoms with Crippen LogP contribution >= 0.6 is 0 Å². The zero-order valence-corrected chi connectivity index (χ0v) is 6.21. The molecule has 0 aromatic carbocycles. The maximum Gasteiger partial charge on any atom is 0.126 e. The third kappa shape index (κ3) is 0.973. The zero-order valence-electron chi connectivity index (χ0n) is 6.21. The lowest BCUT2D eigenvalue weighted by atomic mass is 10.1. The van der Waals surface area contributed by atoms with Crippen LogP contribution in [0.15, 0.2) is 12.3 Å². The highest BCUT2D eigenvalue weighted by molar-refractivity contribution is 5.38. The minimum absolute atomic E-state index is 0.506. The van der Waals surface area contributed by atoms with Gasteiger partial charge in [-0.1, -0.05) is 0 Å². The summed E-state index contributed by atoms with van der Waals surface area (Å²) in [6.07, 6.45) is 2.70. The largest absolute Gasteiger partial charge is 0.493 e. The fourth-order valence-corrected chi connectivity index (χ4v) is 1.36. The topological polar surface area (TPSA) is 48.1 Å². The van der Waals surface area contributed by atoms with Gasteiger partial charge in [-0.25, -0.2) is 0 Å². The van der Waals surface area contributed by atoms with Gasteiger partial charge in [-0.05, 0) is 6.07 Å². The number of ether oxygens (including phenoxy) is 1. The van der Waals surface area contributed by atoms with Gasteiger partial charge in [0, 0.05) is 24.7 Å². The molecule has 0 atom stereocenters. The van der Waals surface area contributed by atoms with Gasteiger partial charge in [0.1, 0.15) is 5.75 Å². The van der Waals surface area contributed by atoms with Crippen molar-refractivity contribution < 1.29 is 4.74 Å². The fraction of sp³-hybridized carbons (Fsp3) is 0.375. The van der Waals surface area contributed by atoms with Crippen LogP contribution < -0.4 is 10.5 Å². The van der Waals surface area contributed by atoms with Crippen LogP contribution in [0.3, 0.4) is 0 Å². The Morgan fingerprint density at radius 2 is 2.55 bits per heavy atom. The lowest BCUT2D eigenvalue weighted by Gasteiger charge is -2.01. The summed E-state index contributed by atoms with van der Waals surface area (Å²) < 4.78 is 5.35. The van der Waals surface area contributed by atoms with E-state index in [-0.39, 0.29) is 0 Å². The number of pyridine rings is 1. The van der Waals surface area contributed by atoms with Crippen LogP contribution in [0.1, 0.15) is 11.3 Å². The van der Waals surface area contributed by atoms with Gasteiger partial charge in [-0.3, -0.25) is 4.98 Å². The molecule has 0 spiro atoms. The second-order valence-electron chi connectivity index (χ2n) is 2.54. The van der Waals surface area contributed by atoms with Crippen LogP contribution in [-0.4, -0.2) is 11.6 Å². The van der Waals surface area contributed by atoms with E-state index in [0.29, 0.717) is 6.54 Å². The summed E-state index contributed by atoms with van der Waals surface area (Å²) in [7, 11) is 0. The van der Waals surface area contributed by atoms with Crippen molar-refractivity contribution in [3.8, 4) is 5.75 Å². The van der Waals surface area contributed by atoms with Crippen LogP contribution in [0.25, 0.3) is 0 Å². The highest BCUT2D eigenvalue weighted by atomic mass is 16.5. The summed E-state index contributed by atoms with van der Waals surface area (Å²) in [5, 5.41) is 0. The first-order valence-electron chi connectivity index (χ1n) is 3.71. The normalized spacial score (nSPS) is 14.3. The number of aromatic nitrogens is 1. The Bertz CT molecular complexity index is 273. The first kappa shape index (κ1) is 6.61. The van der Waals surface area contributed by atoms with Crippen LogP contribution in [0, 0.1) is 0 Å². The van der Waals surface area contributed by atoms with E-state index in [1.165, 1.54) is 5.56 Å². The molecule has 0 fully saturated rings. The molecule has 0 bridgehead atoms. The summed E-state index contributed by atoms with van der Waals surface area (Å²) in [5.41, 5.74) is 7.67. The zero-order chi connectivity index (χ0) is 7.68. The Balaban J connectivity index is 2.50. The fourth-order valence-electron chi connectivity index (χ4n) is 1.36. The standard InChI is InChI=1S/C8H10N2O/c9-5-7-6-2-4-11-8(6)1-3-10-7/h1,3H,2,4-5,9H2. The first-order chi connectivity index (χ1) is 5.42. The first-order valence-corrected chi connectivity index (χ1v) is 3.71. The van der Waals surface area contributed by atoms with Crippen molar-refractivity contribution in [3.63, 3.8) is 0 Å². The Hall–Kier alpha value is -1.09. The van der Waals surface area contributed by atoms with E-state index in [9.17, 15) is 0 Å². The van der Waals surface area contributed by atoms with E-state index >= 15 is 0 Å². The van der Waals surface area contributed by atoms with Gasteiger partial charge in [0.05, 0.1) is 12.3 Å². The smallest absolute Gasteiger partial charge is 0.126 e. The number of nitrogens with two attached hydrogens (primary N) is 1. The molecule has 1 aliphatic heterocycles. The molecule has 0 saturated heterocycles. The number of fused-ring (bicyclic) bond motifs is 1. The predicted octanol–water partition coefficient (Wildman–Crippen LogP) is 0.475. The van der Waals surface area contributed by atoms with Gasteiger partial charge in [0.25, 0.3) is 0 Å². The third-order valence-electron chi connectivity index (χ3n) is 1.91. The second kappa shape index (κ2) is 2.51. The summed E-state index contributed by atoms with van der Waals surface area (Å²) in [6, 6.07) is 1.89. The third-order valence-corrected chi connectivity index (χ3v) is 1.91.